The van der Waals surface area contributed by atoms with Crippen LogP contribution in [0, 0.1) is 0 Å². The first-order valence-electron chi connectivity index (χ1n) is 2.41. The van der Waals surface area contributed by atoms with Crippen LogP contribution in [0.4, 0.5) is 0 Å². The molecule has 1 unspecified atom stereocenters. The summed E-state index contributed by atoms with van der Waals surface area (Å²) < 4.78 is 0. The minimum atomic E-state index is 0.557. The summed E-state index contributed by atoms with van der Waals surface area (Å²) in [6, 6.07) is 0. The normalized spacial score (nSPS) is 30.7. The molecule has 0 bridgehead atoms. The topological polar surface area (TPSA) is 12.0 Å². The van der Waals surface area contributed by atoms with Crippen LogP contribution in [0.15, 0.2) is 12.2 Å². The molecule has 1 N–H and O–H groups in total. The van der Waals surface area contributed by atoms with Crippen LogP contribution < -0.4 is 5.32 Å². The van der Waals surface area contributed by atoms with Crippen molar-refractivity contribution in [2.75, 3.05) is 13.1 Å². The first-order valence-corrected chi connectivity index (χ1v) is 3.32. The van der Waals surface area contributed by atoms with Gasteiger partial charge in [-0.2, -0.15) is 0 Å². The van der Waals surface area contributed by atoms with E-state index in [1.54, 1.807) is 0 Å². The van der Waals surface area contributed by atoms with Gasteiger partial charge in [0.2, 0.25) is 0 Å². The average Bonchev–Trinajstić information content (AvgIpc) is 1.69. The fourth-order valence-corrected chi connectivity index (χ4v) is 1.03. The van der Waals surface area contributed by atoms with Crippen LogP contribution in [0.25, 0.3) is 0 Å². The predicted octanol–water partition coefficient (Wildman–Crippen LogP) is 0.909. The second kappa shape index (κ2) is 2.48. The van der Waals surface area contributed by atoms with Gasteiger partial charge in [-0.15, -0.1) is 0 Å². The molecule has 1 aliphatic heterocycles. The Morgan fingerprint density at radius 1 is 1.71 bits per heavy atom. The fraction of sp³-hybridized carbons (Fsp3) is 0.600. The van der Waals surface area contributed by atoms with Gasteiger partial charge in [0.25, 0.3) is 0 Å². The zero-order chi connectivity index (χ0) is 5.11. The molecule has 0 aromatic carbocycles. The van der Waals surface area contributed by atoms with Crippen LogP contribution >= 0.6 is 15.9 Å². The molecule has 2 heteroatoms. The average molecular weight is 162 g/mol. The van der Waals surface area contributed by atoms with E-state index in [9.17, 15) is 0 Å². The Labute approximate surface area is 51.9 Å². The van der Waals surface area contributed by atoms with E-state index in [1.807, 2.05) is 0 Å². The van der Waals surface area contributed by atoms with Gasteiger partial charge in [0.05, 0.1) is 0 Å². The minimum Gasteiger partial charge on any atom is -0.312 e. The lowest BCUT2D eigenvalue weighted by Crippen LogP contribution is -2.25. The molecule has 0 radical (unpaired) electrons. The number of alkyl halides is 1. The zero-order valence-electron chi connectivity index (χ0n) is 4.02. The Kier molecular flexibility index (Phi) is 1.88. The van der Waals surface area contributed by atoms with Gasteiger partial charge >= 0.3 is 0 Å². The molecule has 0 amide bonds. The van der Waals surface area contributed by atoms with Crippen LogP contribution in [-0.2, 0) is 0 Å². The highest BCUT2D eigenvalue weighted by atomic mass is 79.9. The molecule has 0 saturated carbocycles. The SMILES string of the molecule is BrC1C=CCNC1. The van der Waals surface area contributed by atoms with Gasteiger partial charge in [0.15, 0.2) is 0 Å². The van der Waals surface area contributed by atoms with E-state index in [2.05, 4.69) is 33.4 Å². The predicted molar refractivity (Wildman–Crippen MR) is 34.7 cm³/mol. The summed E-state index contributed by atoms with van der Waals surface area (Å²) in [6.45, 7) is 2.10. The third kappa shape index (κ3) is 1.61. The van der Waals surface area contributed by atoms with Gasteiger partial charge in [-0.3, -0.25) is 0 Å². The summed E-state index contributed by atoms with van der Waals surface area (Å²) in [4.78, 5) is 0.557. The lowest BCUT2D eigenvalue weighted by molar-refractivity contribution is 0.743. The highest BCUT2D eigenvalue weighted by Gasteiger charge is 1.99. The molecule has 0 aliphatic carbocycles. The maximum atomic E-state index is 3.44. The molecule has 1 aliphatic rings. The van der Waals surface area contributed by atoms with Crippen molar-refractivity contribution in [1.82, 2.24) is 5.32 Å². The van der Waals surface area contributed by atoms with Crippen LogP contribution in [0.2, 0.25) is 0 Å². The van der Waals surface area contributed by atoms with Crippen molar-refractivity contribution in [3.8, 4) is 0 Å². The zero-order valence-corrected chi connectivity index (χ0v) is 5.61. The lowest BCUT2D eigenvalue weighted by atomic mass is 10.3. The quantitative estimate of drug-likeness (QED) is 0.412. The summed E-state index contributed by atoms with van der Waals surface area (Å²) in [6.07, 6.45) is 4.29. The van der Waals surface area contributed by atoms with Crippen LogP contribution in [-0.4, -0.2) is 17.9 Å². The molecule has 1 atom stereocenters. The lowest BCUT2D eigenvalue weighted by Gasteiger charge is -2.09. The Bertz CT molecular complexity index is 80.1. The van der Waals surface area contributed by atoms with Crippen molar-refractivity contribution in [2.45, 2.75) is 4.83 Å². The van der Waals surface area contributed by atoms with E-state index >= 15 is 0 Å². The molecular formula is C5H8BrN. The Hall–Kier alpha value is 0.180. The van der Waals surface area contributed by atoms with Gasteiger partial charge in [0, 0.05) is 17.9 Å². The van der Waals surface area contributed by atoms with E-state index in [4.69, 9.17) is 0 Å². The highest BCUT2D eigenvalue weighted by molar-refractivity contribution is 9.09. The molecule has 0 spiro atoms. The van der Waals surface area contributed by atoms with Gasteiger partial charge in [0.1, 0.15) is 0 Å². The first-order chi connectivity index (χ1) is 3.39. The van der Waals surface area contributed by atoms with Crippen LogP contribution in [0.3, 0.4) is 0 Å². The third-order valence-electron chi connectivity index (χ3n) is 0.946. The maximum absolute atomic E-state index is 3.44. The molecule has 0 fully saturated rings. The summed E-state index contributed by atoms with van der Waals surface area (Å²) >= 11 is 3.44. The summed E-state index contributed by atoms with van der Waals surface area (Å²) in [7, 11) is 0. The number of hydrogen-bond acceptors (Lipinski definition) is 1. The van der Waals surface area contributed by atoms with Gasteiger partial charge in [-0.05, 0) is 0 Å². The van der Waals surface area contributed by atoms with E-state index < -0.39 is 0 Å². The molecule has 0 aromatic rings. The molecule has 0 aromatic heterocycles. The van der Waals surface area contributed by atoms with Crippen molar-refractivity contribution >= 4 is 15.9 Å². The second-order valence-corrected chi connectivity index (χ2v) is 2.78. The van der Waals surface area contributed by atoms with Crippen molar-refractivity contribution in [3.63, 3.8) is 0 Å². The van der Waals surface area contributed by atoms with Crippen molar-refractivity contribution < 1.29 is 0 Å². The molecule has 7 heavy (non-hydrogen) atoms. The Balaban J connectivity index is 2.36. The number of nitrogens with one attached hydrogen (secondary N) is 1. The second-order valence-electron chi connectivity index (χ2n) is 1.60. The molecule has 0 saturated heterocycles. The summed E-state index contributed by atoms with van der Waals surface area (Å²) in [5.41, 5.74) is 0. The summed E-state index contributed by atoms with van der Waals surface area (Å²) in [5.74, 6) is 0. The van der Waals surface area contributed by atoms with Gasteiger partial charge < -0.3 is 5.32 Å². The van der Waals surface area contributed by atoms with Gasteiger partial charge in [-0.25, -0.2) is 0 Å². The van der Waals surface area contributed by atoms with Crippen molar-refractivity contribution in [1.29, 1.82) is 0 Å². The molecule has 1 rings (SSSR count). The van der Waals surface area contributed by atoms with Crippen LogP contribution in [0.5, 0.6) is 0 Å². The van der Waals surface area contributed by atoms with E-state index in [-0.39, 0.29) is 0 Å². The molecule has 40 valence electrons. The van der Waals surface area contributed by atoms with Crippen molar-refractivity contribution in [3.05, 3.63) is 12.2 Å². The smallest absolute Gasteiger partial charge is 0.0450 e. The standard InChI is InChI=1S/C5H8BrN/c6-5-2-1-3-7-4-5/h1-2,5,7H,3-4H2. The number of hydrogen-bond donors (Lipinski definition) is 1. The largest absolute Gasteiger partial charge is 0.312 e. The van der Waals surface area contributed by atoms with E-state index in [0.29, 0.717) is 4.83 Å². The first kappa shape index (κ1) is 5.32. The Morgan fingerprint density at radius 2 is 2.57 bits per heavy atom. The Morgan fingerprint density at radius 3 is 2.86 bits per heavy atom. The molecule has 1 heterocycles. The minimum absolute atomic E-state index is 0.557. The van der Waals surface area contributed by atoms with Crippen molar-refractivity contribution in [2.24, 2.45) is 0 Å². The van der Waals surface area contributed by atoms with Gasteiger partial charge in [-0.1, -0.05) is 28.1 Å². The number of rotatable bonds is 0. The number of halogens is 1. The third-order valence-corrected chi connectivity index (χ3v) is 1.58. The monoisotopic (exact) mass is 161 g/mol. The molecular weight excluding hydrogens is 154 g/mol. The molecule has 1 nitrogen and oxygen atoms in total. The van der Waals surface area contributed by atoms with E-state index in [0.717, 1.165) is 13.1 Å². The fourth-order valence-electron chi connectivity index (χ4n) is 0.588. The maximum Gasteiger partial charge on any atom is 0.0450 e. The van der Waals surface area contributed by atoms with Crippen LogP contribution in [0.1, 0.15) is 0 Å². The summed E-state index contributed by atoms with van der Waals surface area (Å²) in [5, 5.41) is 3.20. The van der Waals surface area contributed by atoms with E-state index in [1.165, 1.54) is 0 Å². The highest BCUT2D eigenvalue weighted by Crippen LogP contribution is 2.01.